The summed E-state index contributed by atoms with van der Waals surface area (Å²) in [7, 11) is 0. The summed E-state index contributed by atoms with van der Waals surface area (Å²) in [6, 6.07) is 8.42. The number of benzene rings is 1. The lowest BCUT2D eigenvalue weighted by Gasteiger charge is -2.07. The van der Waals surface area contributed by atoms with Crippen molar-refractivity contribution < 1.29 is 0 Å². The van der Waals surface area contributed by atoms with Crippen molar-refractivity contribution >= 4 is 11.6 Å². The molecule has 3 nitrogen and oxygen atoms in total. The van der Waals surface area contributed by atoms with Crippen LogP contribution in [0.4, 0.5) is 5.69 Å². The van der Waals surface area contributed by atoms with E-state index in [-0.39, 0.29) is 6.04 Å². The molecule has 0 heterocycles. The summed E-state index contributed by atoms with van der Waals surface area (Å²) in [4.78, 5) is 4.20. The Labute approximate surface area is 91.4 Å². The summed E-state index contributed by atoms with van der Waals surface area (Å²) < 4.78 is 0. The fourth-order valence-electron chi connectivity index (χ4n) is 1.28. The first-order valence-electron chi connectivity index (χ1n) is 5.31. The van der Waals surface area contributed by atoms with E-state index >= 15 is 0 Å². The molecule has 0 radical (unpaired) electrons. The van der Waals surface area contributed by atoms with Crippen LogP contribution in [0, 0.1) is 0 Å². The standard InChI is InChI=1S/C12H19N3/c1-4-10-5-7-11(8-6-10)15-12(13)14-9(2)3/h5-9H,4H2,1-3H3,(H3,13,14,15). The summed E-state index contributed by atoms with van der Waals surface area (Å²) in [5.74, 6) is 0.467. The van der Waals surface area contributed by atoms with Gasteiger partial charge in [0, 0.05) is 11.7 Å². The minimum absolute atomic E-state index is 0.215. The van der Waals surface area contributed by atoms with Gasteiger partial charge in [-0.05, 0) is 38.0 Å². The van der Waals surface area contributed by atoms with Crippen molar-refractivity contribution in [1.29, 1.82) is 0 Å². The Morgan fingerprint density at radius 2 is 1.93 bits per heavy atom. The molecule has 1 aromatic rings. The molecule has 0 aromatic heterocycles. The van der Waals surface area contributed by atoms with Gasteiger partial charge in [0.2, 0.25) is 0 Å². The Bertz CT molecular complexity index is 325. The van der Waals surface area contributed by atoms with Gasteiger partial charge in [-0.3, -0.25) is 4.99 Å². The minimum Gasteiger partial charge on any atom is -0.370 e. The second-order valence-electron chi connectivity index (χ2n) is 3.78. The van der Waals surface area contributed by atoms with Gasteiger partial charge < -0.3 is 11.1 Å². The van der Waals surface area contributed by atoms with Gasteiger partial charge in [-0.15, -0.1) is 0 Å². The van der Waals surface area contributed by atoms with Crippen LogP contribution < -0.4 is 11.1 Å². The van der Waals surface area contributed by atoms with E-state index in [1.807, 2.05) is 26.0 Å². The molecule has 0 saturated carbocycles. The van der Waals surface area contributed by atoms with Crippen LogP contribution in [0.3, 0.4) is 0 Å². The maximum Gasteiger partial charge on any atom is 0.193 e. The van der Waals surface area contributed by atoms with Crippen LogP contribution in [0.15, 0.2) is 29.3 Å². The average molecular weight is 205 g/mol. The number of hydrogen-bond donors (Lipinski definition) is 2. The average Bonchev–Trinajstić information content (AvgIpc) is 2.17. The van der Waals surface area contributed by atoms with Crippen molar-refractivity contribution in [1.82, 2.24) is 0 Å². The van der Waals surface area contributed by atoms with Crippen molar-refractivity contribution in [3.8, 4) is 0 Å². The van der Waals surface area contributed by atoms with E-state index < -0.39 is 0 Å². The van der Waals surface area contributed by atoms with E-state index in [0.717, 1.165) is 12.1 Å². The molecule has 0 atom stereocenters. The lowest BCUT2D eigenvalue weighted by molar-refractivity contribution is 0.833. The number of nitrogens with zero attached hydrogens (tertiary/aromatic N) is 1. The Morgan fingerprint density at radius 3 is 2.40 bits per heavy atom. The number of anilines is 1. The summed E-state index contributed by atoms with van der Waals surface area (Å²) >= 11 is 0. The van der Waals surface area contributed by atoms with Crippen LogP contribution in [-0.2, 0) is 6.42 Å². The fraction of sp³-hybridized carbons (Fsp3) is 0.417. The van der Waals surface area contributed by atoms with Crippen molar-refractivity contribution in [3.05, 3.63) is 29.8 Å². The molecule has 0 amide bonds. The topological polar surface area (TPSA) is 50.4 Å². The smallest absolute Gasteiger partial charge is 0.193 e. The number of aliphatic imine (C=N–C) groups is 1. The van der Waals surface area contributed by atoms with Crippen LogP contribution in [0.25, 0.3) is 0 Å². The van der Waals surface area contributed by atoms with Gasteiger partial charge in [-0.1, -0.05) is 19.1 Å². The Balaban J connectivity index is 2.65. The maximum atomic E-state index is 5.72. The summed E-state index contributed by atoms with van der Waals surface area (Å²) in [6.07, 6.45) is 1.05. The number of hydrogen-bond acceptors (Lipinski definition) is 1. The molecule has 82 valence electrons. The fourth-order valence-corrected chi connectivity index (χ4v) is 1.28. The monoisotopic (exact) mass is 205 g/mol. The van der Waals surface area contributed by atoms with E-state index in [2.05, 4.69) is 29.4 Å². The quantitative estimate of drug-likeness (QED) is 0.588. The third-order valence-electron chi connectivity index (χ3n) is 2.03. The van der Waals surface area contributed by atoms with Crippen molar-refractivity contribution in [2.24, 2.45) is 10.7 Å². The number of nitrogens with two attached hydrogens (primary N) is 1. The zero-order valence-electron chi connectivity index (χ0n) is 9.62. The largest absolute Gasteiger partial charge is 0.370 e. The minimum atomic E-state index is 0.215. The predicted octanol–water partition coefficient (Wildman–Crippen LogP) is 2.38. The first kappa shape index (κ1) is 11.6. The molecular formula is C12H19N3. The second-order valence-corrected chi connectivity index (χ2v) is 3.78. The highest BCUT2D eigenvalue weighted by atomic mass is 15.1. The van der Waals surface area contributed by atoms with Gasteiger partial charge in [0.25, 0.3) is 0 Å². The summed E-state index contributed by atoms with van der Waals surface area (Å²) in [5, 5.41) is 3.05. The van der Waals surface area contributed by atoms with Crippen LogP contribution in [-0.4, -0.2) is 12.0 Å². The molecule has 0 spiro atoms. The highest BCUT2D eigenvalue weighted by Gasteiger charge is 1.96. The van der Waals surface area contributed by atoms with Crippen molar-refractivity contribution in [3.63, 3.8) is 0 Å². The lowest BCUT2D eigenvalue weighted by atomic mass is 10.1. The van der Waals surface area contributed by atoms with Crippen molar-refractivity contribution in [2.45, 2.75) is 33.2 Å². The lowest BCUT2D eigenvalue weighted by Crippen LogP contribution is -2.23. The van der Waals surface area contributed by atoms with Gasteiger partial charge in [0.15, 0.2) is 5.96 Å². The van der Waals surface area contributed by atoms with Gasteiger partial charge in [-0.25, -0.2) is 0 Å². The highest BCUT2D eigenvalue weighted by molar-refractivity contribution is 5.92. The van der Waals surface area contributed by atoms with E-state index in [1.54, 1.807) is 0 Å². The zero-order chi connectivity index (χ0) is 11.3. The number of guanidine groups is 1. The zero-order valence-corrected chi connectivity index (χ0v) is 9.62. The number of rotatable bonds is 3. The van der Waals surface area contributed by atoms with Crippen LogP contribution >= 0.6 is 0 Å². The third kappa shape index (κ3) is 4.02. The van der Waals surface area contributed by atoms with E-state index in [9.17, 15) is 0 Å². The van der Waals surface area contributed by atoms with Crippen LogP contribution in [0.5, 0.6) is 0 Å². The first-order chi connectivity index (χ1) is 7.11. The van der Waals surface area contributed by atoms with E-state index in [0.29, 0.717) is 5.96 Å². The van der Waals surface area contributed by atoms with Crippen LogP contribution in [0.2, 0.25) is 0 Å². The first-order valence-corrected chi connectivity index (χ1v) is 5.31. The molecule has 0 bridgehead atoms. The molecule has 0 aliphatic carbocycles. The third-order valence-corrected chi connectivity index (χ3v) is 2.03. The van der Waals surface area contributed by atoms with Crippen molar-refractivity contribution in [2.75, 3.05) is 5.32 Å². The van der Waals surface area contributed by atoms with Gasteiger partial charge in [0.1, 0.15) is 0 Å². The summed E-state index contributed by atoms with van der Waals surface area (Å²) in [5.41, 5.74) is 8.02. The SMILES string of the molecule is CCc1ccc(NC(N)=NC(C)C)cc1. The molecule has 0 unspecified atom stereocenters. The molecule has 3 N–H and O–H groups in total. The van der Waals surface area contributed by atoms with E-state index in [4.69, 9.17) is 5.73 Å². The Hall–Kier alpha value is -1.51. The van der Waals surface area contributed by atoms with Gasteiger partial charge in [0.05, 0.1) is 0 Å². The molecule has 15 heavy (non-hydrogen) atoms. The Kier molecular flexibility index (Phi) is 4.16. The normalized spacial score (nSPS) is 11.9. The number of aryl methyl sites for hydroxylation is 1. The van der Waals surface area contributed by atoms with Gasteiger partial charge >= 0.3 is 0 Å². The molecule has 0 saturated heterocycles. The molecular weight excluding hydrogens is 186 g/mol. The summed E-state index contributed by atoms with van der Waals surface area (Å²) in [6.45, 7) is 6.13. The number of nitrogens with one attached hydrogen (secondary N) is 1. The highest BCUT2D eigenvalue weighted by Crippen LogP contribution is 2.09. The molecule has 1 aromatic carbocycles. The van der Waals surface area contributed by atoms with Gasteiger partial charge in [-0.2, -0.15) is 0 Å². The molecule has 0 aliphatic heterocycles. The predicted molar refractivity (Wildman–Crippen MR) is 66.2 cm³/mol. The molecule has 1 rings (SSSR count). The molecule has 3 heteroatoms. The molecule has 0 fully saturated rings. The molecule has 0 aliphatic rings. The second kappa shape index (κ2) is 5.39. The maximum absolute atomic E-state index is 5.72. The Morgan fingerprint density at radius 1 is 1.33 bits per heavy atom. The van der Waals surface area contributed by atoms with Crippen LogP contribution in [0.1, 0.15) is 26.3 Å². The van der Waals surface area contributed by atoms with E-state index in [1.165, 1.54) is 5.56 Å².